The van der Waals surface area contributed by atoms with E-state index in [1.165, 1.54) is 19.3 Å². The van der Waals surface area contributed by atoms with E-state index in [2.05, 4.69) is 29.3 Å². The molecule has 0 radical (unpaired) electrons. The molecular weight excluding hydrogens is 298 g/mol. The molecule has 2 aromatic carbocycles. The van der Waals surface area contributed by atoms with Gasteiger partial charge in [-0.1, -0.05) is 56.9 Å². The SMILES string of the molecule is CCCCCCC(O)Cc1cccc(-n2nc3ccccc3n2)c1. The number of nitrogens with zero attached hydrogens (tertiary/aromatic N) is 3. The Kier molecular flexibility index (Phi) is 5.59. The summed E-state index contributed by atoms with van der Waals surface area (Å²) in [6.07, 6.45) is 6.05. The van der Waals surface area contributed by atoms with Crippen molar-refractivity contribution < 1.29 is 5.11 Å². The molecule has 3 rings (SSSR count). The molecule has 0 saturated heterocycles. The summed E-state index contributed by atoms with van der Waals surface area (Å²) in [6, 6.07) is 16.0. The Labute approximate surface area is 143 Å². The van der Waals surface area contributed by atoms with Crippen molar-refractivity contribution in [2.75, 3.05) is 0 Å². The van der Waals surface area contributed by atoms with E-state index >= 15 is 0 Å². The molecule has 1 unspecified atom stereocenters. The highest BCUT2D eigenvalue weighted by molar-refractivity contribution is 5.73. The van der Waals surface area contributed by atoms with E-state index in [4.69, 9.17) is 0 Å². The van der Waals surface area contributed by atoms with Gasteiger partial charge in [-0.25, -0.2) is 0 Å². The third-order valence-corrected chi connectivity index (χ3v) is 4.29. The first-order valence-electron chi connectivity index (χ1n) is 8.85. The number of aliphatic hydroxyl groups excluding tert-OH is 1. The molecule has 0 spiro atoms. The molecule has 0 saturated carbocycles. The molecule has 0 fully saturated rings. The van der Waals surface area contributed by atoms with Gasteiger partial charge in [-0.2, -0.15) is 4.80 Å². The third-order valence-electron chi connectivity index (χ3n) is 4.29. The van der Waals surface area contributed by atoms with E-state index in [1.54, 1.807) is 4.80 Å². The van der Waals surface area contributed by atoms with Gasteiger partial charge in [-0.05, 0) is 42.7 Å². The van der Waals surface area contributed by atoms with Gasteiger partial charge in [-0.15, -0.1) is 10.2 Å². The van der Waals surface area contributed by atoms with Gasteiger partial charge in [0.05, 0.1) is 11.8 Å². The summed E-state index contributed by atoms with van der Waals surface area (Å²) < 4.78 is 0. The molecule has 1 N–H and O–H groups in total. The van der Waals surface area contributed by atoms with Crippen molar-refractivity contribution >= 4 is 11.0 Å². The Bertz CT molecular complexity index is 748. The number of unbranched alkanes of at least 4 members (excludes halogenated alkanes) is 3. The Morgan fingerprint density at radius 3 is 2.42 bits per heavy atom. The Hall–Kier alpha value is -2.20. The predicted molar refractivity (Wildman–Crippen MR) is 97.3 cm³/mol. The molecule has 0 amide bonds. The summed E-state index contributed by atoms with van der Waals surface area (Å²) in [7, 11) is 0. The van der Waals surface area contributed by atoms with E-state index in [0.29, 0.717) is 6.42 Å². The molecule has 1 heterocycles. The molecule has 0 aliphatic rings. The van der Waals surface area contributed by atoms with Crippen LogP contribution in [0, 0.1) is 0 Å². The van der Waals surface area contributed by atoms with E-state index < -0.39 is 0 Å². The van der Waals surface area contributed by atoms with Crippen molar-refractivity contribution in [3.05, 3.63) is 54.1 Å². The first-order valence-corrected chi connectivity index (χ1v) is 8.85. The van der Waals surface area contributed by atoms with Crippen LogP contribution >= 0.6 is 0 Å². The van der Waals surface area contributed by atoms with Gasteiger partial charge in [0.1, 0.15) is 11.0 Å². The van der Waals surface area contributed by atoms with Crippen LogP contribution in [0.25, 0.3) is 16.7 Å². The molecule has 1 aromatic heterocycles. The maximum atomic E-state index is 10.2. The van der Waals surface area contributed by atoms with Crippen LogP contribution in [-0.2, 0) is 6.42 Å². The zero-order chi connectivity index (χ0) is 16.8. The second kappa shape index (κ2) is 8.06. The van der Waals surface area contributed by atoms with Crippen LogP contribution in [0.5, 0.6) is 0 Å². The predicted octanol–water partition coefficient (Wildman–Crippen LogP) is 4.29. The summed E-state index contributed by atoms with van der Waals surface area (Å²) in [6.45, 7) is 2.20. The number of fused-ring (bicyclic) bond motifs is 1. The van der Waals surface area contributed by atoms with Crippen LogP contribution in [0.4, 0.5) is 0 Å². The van der Waals surface area contributed by atoms with E-state index in [9.17, 15) is 5.11 Å². The average molecular weight is 323 g/mol. The first-order chi connectivity index (χ1) is 11.8. The highest BCUT2D eigenvalue weighted by Crippen LogP contribution is 2.16. The van der Waals surface area contributed by atoms with Crippen LogP contribution in [0.3, 0.4) is 0 Å². The minimum atomic E-state index is -0.276. The molecule has 0 aliphatic heterocycles. The van der Waals surface area contributed by atoms with Gasteiger partial charge in [0, 0.05) is 0 Å². The highest BCUT2D eigenvalue weighted by Gasteiger charge is 2.08. The maximum absolute atomic E-state index is 10.2. The number of benzene rings is 2. The smallest absolute Gasteiger partial charge is 0.113 e. The third kappa shape index (κ3) is 4.20. The van der Waals surface area contributed by atoms with Gasteiger partial charge in [-0.3, -0.25) is 0 Å². The summed E-state index contributed by atoms with van der Waals surface area (Å²) in [5.74, 6) is 0. The van der Waals surface area contributed by atoms with Crippen LogP contribution < -0.4 is 0 Å². The Balaban J connectivity index is 1.67. The molecule has 4 nitrogen and oxygen atoms in total. The Morgan fingerprint density at radius 1 is 0.958 bits per heavy atom. The fraction of sp³-hybridized carbons (Fsp3) is 0.400. The minimum Gasteiger partial charge on any atom is -0.393 e. The molecule has 3 aromatic rings. The number of aromatic nitrogens is 3. The number of hydrogen-bond donors (Lipinski definition) is 1. The van der Waals surface area contributed by atoms with Crippen LogP contribution in [0.15, 0.2) is 48.5 Å². The van der Waals surface area contributed by atoms with E-state index in [1.807, 2.05) is 36.4 Å². The Morgan fingerprint density at radius 2 is 1.71 bits per heavy atom. The van der Waals surface area contributed by atoms with Crippen molar-refractivity contribution in [3.63, 3.8) is 0 Å². The molecule has 126 valence electrons. The second-order valence-corrected chi connectivity index (χ2v) is 6.36. The standard InChI is InChI=1S/C20H25N3O/c1-2-3-4-5-11-18(24)15-16-9-8-10-17(14-16)23-21-19-12-6-7-13-20(19)22-23/h6-10,12-14,18,24H,2-5,11,15H2,1H3. The summed E-state index contributed by atoms with van der Waals surface area (Å²) >= 11 is 0. The van der Waals surface area contributed by atoms with E-state index in [0.717, 1.165) is 35.1 Å². The zero-order valence-corrected chi connectivity index (χ0v) is 14.2. The molecule has 1 atom stereocenters. The van der Waals surface area contributed by atoms with E-state index in [-0.39, 0.29) is 6.10 Å². The first kappa shape index (κ1) is 16.7. The topological polar surface area (TPSA) is 50.9 Å². The lowest BCUT2D eigenvalue weighted by molar-refractivity contribution is 0.161. The minimum absolute atomic E-state index is 0.276. The van der Waals surface area contributed by atoms with Crippen LogP contribution in [0.2, 0.25) is 0 Å². The van der Waals surface area contributed by atoms with Gasteiger partial charge in [0.2, 0.25) is 0 Å². The lowest BCUT2D eigenvalue weighted by Gasteiger charge is -2.11. The summed E-state index contributed by atoms with van der Waals surface area (Å²) in [4.78, 5) is 1.67. The van der Waals surface area contributed by atoms with Gasteiger partial charge >= 0.3 is 0 Å². The molecule has 0 bridgehead atoms. The normalized spacial score (nSPS) is 12.6. The molecule has 0 aliphatic carbocycles. The van der Waals surface area contributed by atoms with Crippen molar-refractivity contribution in [2.24, 2.45) is 0 Å². The zero-order valence-electron chi connectivity index (χ0n) is 14.2. The fourth-order valence-corrected chi connectivity index (χ4v) is 2.96. The summed E-state index contributed by atoms with van der Waals surface area (Å²) in [5, 5.41) is 19.3. The lowest BCUT2D eigenvalue weighted by atomic mass is 10.0. The largest absolute Gasteiger partial charge is 0.393 e. The van der Waals surface area contributed by atoms with Crippen LogP contribution in [-0.4, -0.2) is 26.2 Å². The van der Waals surface area contributed by atoms with Crippen molar-refractivity contribution in [2.45, 2.75) is 51.6 Å². The summed E-state index contributed by atoms with van der Waals surface area (Å²) in [5.41, 5.74) is 3.83. The lowest BCUT2D eigenvalue weighted by Crippen LogP contribution is -2.10. The monoisotopic (exact) mass is 323 g/mol. The van der Waals surface area contributed by atoms with Crippen molar-refractivity contribution in [1.82, 2.24) is 15.0 Å². The van der Waals surface area contributed by atoms with Crippen molar-refractivity contribution in [1.29, 1.82) is 0 Å². The molecule has 24 heavy (non-hydrogen) atoms. The quantitative estimate of drug-likeness (QED) is 0.629. The fourth-order valence-electron chi connectivity index (χ4n) is 2.96. The number of hydrogen-bond acceptors (Lipinski definition) is 3. The molecule has 4 heteroatoms. The maximum Gasteiger partial charge on any atom is 0.113 e. The average Bonchev–Trinajstić information content (AvgIpc) is 3.03. The van der Waals surface area contributed by atoms with Gasteiger partial charge < -0.3 is 5.11 Å². The molecular formula is C20H25N3O. The highest BCUT2D eigenvalue weighted by atomic mass is 16.3. The second-order valence-electron chi connectivity index (χ2n) is 6.36. The van der Waals surface area contributed by atoms with Gasteiger partial charge in [0.25, 0.3) is 0 Å². The number of rotatable bonds is 8. The van der Waals surface area contributed by atoms with Crippen LogP contribution in [0.1, 0.15) is 44.6 Å². The number of aliphatic hydroxyl groups is 1. The van der Waals surface area contributed by atoms with Crippen molar-refractivity contribution in [3.8, 4) is 5.69 Å². The van der Waals surface area contributed by atoms with Gasteiger partial charge in [0.15, 0.2) is 0 Å².